The lowest BCUT2D eigenvalue weighted by molar-refractivity contribution is -0.140. The smallest absolute Gasteiger partial charge is 0.295 e. The highest BCUT2D eigenvalue weighted by molar-refractivity contribution is 6.46. The molecule has 210 valence electrons. The summed E-state index contributed by atoms with van der Waals surface area (Å²) in [5.41, 5.74) is 2.11. The Kier molecular flexibility index (Phi) is 9.45. The molecule has 0 radical (unpaired) electrons. The Bertz CT molecular complexity index is 1350. The topological polar surface area (TPSA) is 88.5 Å². The van der Waals surface area contributed by atoms with E-state index in [4.69, 9.17) is 14.2 Å². The molecule has 0 saturated carbocycles. The number of amides is 1. The number of nitrogens with zero attached hydrogens (tertiary/aromatic N) is 2. The summed E-state index contributed by atoms with van der Waals surface area (Å²) in [6, 6.07) is 21.2. The van der Waals surface area contributed by atoms with E-state index in [9.17, 15) is 14.7 Å². The van der Waals surface area contributed by atoms with Gasteiger partial charge in [-0.2, -0.15) is 0 Å². The molecule has 1 heterocycles. The van der Waals surface area contributed by atoms with E-state index in [2.05, 4.69) is 0 Å². The lowest BCUT2D eigenvalue weighted by atomic mass is 9.95. The van der Waals surface area contributed by atoms with Gasteiger partial charge in [-0.25, -0.2) is 0 Å². The Balaban J connectivity index is 1.75. The molecule has 0 aromatic heterocycles. The minimum absolute atomic E-state index is 0.0355. The van der Waals surface area contributed by atoms with Crippen LogP contribution >= 0.6 is 0 Å². The minimum Gasteiger partial charge on any atom is -0.507 e. The molecule has 1 amide bonds. The second-order valence-electron chi connectivity index (χ2n) is 9.67. The molecule has 0 aliphatic carbocycles. The van der Waals surface area contributed by atoms with Gasteiger partial charge in [-0.3, -0.25) is 9.59 Å². The van der Waals surface area contributed by atoms with Gasteiger partial charge < -0.3 is 29.1 Å². The highest BCUT2D eigenvalue weighted by Gasteiger charge is 2.46. The maximum Gasteiger partial charge on any atom is 0.295 e. The molecule has 4 rings (SSSR count). The molecule has 1 saturated heterocycles. The summed E-state index contributed by atoms with van der Waals surface area (Å²) in [6.07, 6.45) is 0. The normalized spacial score (nSPS) is 16.4. The molecule has 8 heteroatoms. The van der Waals surface area contributed by atoms with Crippen molar-refractivity contribution in [3.8, 4) is 17.2 Å². The third kappa shape index (κ3) is 6.46. The van der Waals surface area contributed by atoms with Crippen LogP contribution in [0.5, 0.6) is 17.2 Å². The number of carbonyl (C=O) groups is 2. The van der Waals surface area contributed by atoms with Crippen molar-refractivity contribution in [3.05, 3.63) is 95.1 Å². The average Bonchev–Trinajstić information content (AvgIpc) is 3.21. The first-order valence-electron chi connectivity index (χ1n) is 13.4. The van der Waals surface area contributed by atoms with Crippen LogP contribution in [0.4, 0.5) is 0 Å². The lowest BCUT2D eigenvalue weighted by Gasteiger charge is -2.27. The van der Waals surface area contributed by atoms with E-state index in [0.717, 1.165) is 5.56 Å². The van der Waals surface area contributed by atoms with Crippen molar-refractivity contribution < 1.29 is 28.9 Å². The molecule has 3 aromatic rings. The fraction of sp³-hybridized carbons (Fsp3) is 0.312. The van der Waals surface area contributed by atoms with Gasteiger partial charge in [-0.1, -0.05) is 36.4 Å². The molecule has 1 unspecified atom stereocenters. The van der Waals surface area contributed by atoms with E-state index in [1.54, 1.807) is 36.4 Å². The number of likely N-dealkylation sites (tertiary alicyclic amines) is 1. The van der Waals surface area contributed by atoms with Crippen LogP contribution in [-0.2, 0) is 16.2 Å². The van der Waals surface area contributed by atoms with Crippen molar-refractivity contribution in [2.45, 2.75) is 26.5 Å². The molecule has 40 heavy (non-hydrogen) atoms. The van der Waals surface area contributed by atoms with Gasteiger partial charge in [0.1, 0.15) is 18.1 Å². The van der Waals surface area contributed by atoms with Gasteiger partial charge in [-0.15, -0.1) is 0 Å². The molecule has 8 nitrogen and oxygen atoms in total. The SMILES string of the molecule is CCOc1ccc(C(O)=C2C(=O)C(=O)N(CCN(C)C)C2c2ccc(OCc3ccccc3)c(OCC)c2)cc1. The van der Waals surface area contributed by atoms with Gasteiger partial charge in [0, 0.05) is 18.7 Å². The maximum atomic E-state index is 13.4. The Labute approximate surface area is 235 Å². The van der Waals surface area contributed by atoms with E-state index in [-0.39, 0.29) is 11.3 Å². The van der Waals surface area contributed by atoms with Crippen LogP contribution in [-0.4, -0.2) is 67.0 Å². The van der Waals surface area contributed by atoms with Crippen LogP contribution in [0.25, 0.3) is 5.76 Å². The van der Waals surface area contributed by atoms with Crippen molar-refractivity contribution in [1.82, 2.24) is 9.80 Å². The molecule has 0 spiro atoms. The number of ketones is 1. The van der Waals surface area contributed by atoms with Crippen LogP contribution in [0.3, 0.4) is 0 Å². The van der Waals surface area contributed by atoms with Crippen LogP contribution < -0.4 is 14.2 Å². The number of carbonyl (C=O) groups excluding carboxylic acids is 2. The summed E-state index contributed by atoms with van der Waals surface area (Å²) in [7, 11) is 3.80. The number of benzene rings is 3. The van der Waals surface area contributed by atoms with E-state index in [0.29, 0.717) is 61.3 Å². The molecule has 1 aliphatic heterocycles. The Morgan fingerprint density at radius 3 is 2.23 bits per heavy atom. The summed E-state index contributed by atoms with van der Waals surface area (Å²) in [6.45, 7) is 5.88. The van der Waals surface area contributed by atoms with Crippen LogP contribution in [0.2, 0.25) is 0 Å². The maximum absolute atomic E-state index is 13.4. The summed E-state index contributed by atoms with van der Waals surface area (Å²) >= 11 is 0. The number of likely N-dealkylation sites (N-methyl/N-ethyl adjacent to an activating group) is 1. The molecule has 0 bridgehead atoms. The highest BCUT2D eigenvalue weighted by atomic mass is 16.5. The van der Waals surface area contributed by atoms with Gasteiger partial charge in [0.15, 0.2) is 11.5 Å². The van der Waals surface area contributed by atoms with Crippen LogP contribution in [0.15, 0.2) is 78.4 Å². The van der Waals surface area contributed by atoms with E-state index < -0.39 is 17.7 Å². The quantitative estimate of drug-likeness (QED) is 0.194. The summed E-state index contributed by atoms with van der Waals surface area (Å²) in [5.74, 6) is 0.0798. The first-order chi connectivity index (χ1) is 19.3. The number of aliphatic hydroxyl groups is 1. The fourth-order valence-electron chi connectivity index (χ4n) is 4.61. The average molecular weight is 545 g/mol. The standard InChI is InChI=1S/C32H36N2O6/c1-5-38-25-15-12-23(13-16-25)30(35)28-29(34(19-18-33(3)4)32(37)31(28)36)24-14-17-26(27(20-24)39-6-2)40-21-22-10-8-7-9-11-22/h7-17,20,29,35H,5-6,18-19,21H2,1-4H3. The molecule has 3 aromatic carbocycles. The summed E-state index contributed by atoms with van der Waals surface area (Å²) in [4.78, 5) is 30.1. The van der Waals surface area contributed by atoms with Crippen molar-refractivity contribution >= 4 is 17.4 Å². The predicted octanol–water partition coefficient (Wildman–Crippen LogP) is 5.05. The Morgan fingerprint density at radius 2 is 1.57 bits per heavy atom. The van der Waals surface area contributed by atoms with Gasteiger partial charge in [-0.05, 0) is 75.5 Å². The zero-order valence-electron chi connectivity index (χ0n) is 23.4. The first kappa shape index (κ1) is 28.7. The lowest BCUT2D eigenvalue weighted by Crippen LogP contribution is -2.35. The third-order valence-corrected chi connectivity index (χ3v) is 6.59. The Morgan fingerprint density at radius 1 is 0.875 bits per heavy atom. The highest BCUT2D eigenvalue weighted by Crippen LogP contribution is 2.42. The van der Waals surface area contributed by atoms with Gasteiger partial charge >= 0.3 is 0 Å². The number of hydrogen-bond donors (Lipinski definition) is 1. The van der Waals surface area contributed by atoms with Crippen molar-refractivity contribution in [1.29, 1.82) is 0 Å². The largest absolute Gasteiger partial charge is 0.507 e. The Hall–Kier alpha value is -4.30. The van der Waals surface area contributed by atoms with E-state index >= 15 is 0 Å². The van der Waals surface area contributed by atoms with E-state index in [1.807, 2.05) is 69.2 Å². The van der Waals surface area contributed by atoms with Crippen LogP contribution in [0, 0.1) is 0 Å². The minimum atomic E-state index is -0.797. The number of Topliss-reactive ketones (excluding diaryl/α,β-unsaturated/α-hetero) is 1. The zero-order valence-corrected chi connectivity index (χ0v) is 23.4. The molecule has 1 atom stereocenters. The molecular weight excluding hydrogens is 508 g/mol. The first-order valence-corrected chi connectivity index (χ1v) is 13.4. The van der Waals surface area contributed by atoms with Crippen molar-refractivity contribution in [2.24, 2.45) is 0 Å². The summed E-state index contributed by atoms with van der Waals surface area (Å²) < 4.78 is 17.5. The number of hydrogen-bond acceptors (Lipinski definition) is 7. The number of ether oxygens (including phenoxy) is 3. The van der Waals surface area contributed by atoms with E-state index in [1.165, 1.54) is 4.90 Å². The number of aliphatic hydroxyl groups excluding tert-OH is 1. The second-order valence-corrected chi connectivity index (χ2v) is 9.67. The monoisotopic (exact) mass is 544 g/mol. The molecule has 1 N–H and O–H groups in total. The van der Waals surface area contributed by atoms with Gasteiger partial charge in [0.05, 0.1) is 24.8 Å². The van der Waals surface area contributed by atoms with Crippen LogP contribution in [0.1, 0.15) is 36.6 Å². The zero-order chi connectivity index (χ0) is 28.6. The fourth-order valence-corrected chi connectivity index (χ4v) is 4.61. The third-order valence-electron chi connectivity index (χ3n) is 6.59. The van der Waals surface area contributed by atoms with Gasteiger partial charge in [0.2, 0.25) is 0 Å². The summed E-state index contributed by atoms with van der Waals surface area (Å²) in [5, 5.41) is 11.4. The van der Waals surface area contributed by atoms with Crippen molar-refractivity contribution in [2.75, 3.05) is 40.4 Å². The van der Waals surface area contributed by atoms with Crippen molar-refractivity contribution in [3.63, 3.8) is 0 Å². The second kappa shape index (κ2) is 13.2. The predicted molar refractivity (Wildman–Crippen MR) is 154 cm³/mol. The molecule has 1 aliphatic rings. The number of rotatable bonds is 12. The molecular formula is C32H36N2O6. The van der Waals surface area contributed by atoms with Gasteiger partial charge in [0.25, 0.3) is 11.7 Å². The molecule has 1 fully saturated rings.